The van der Waals surface area contributed by atoms with E-state index >= 15 is 0 Å². The molecule has 1 aromatic rings. The average molecular weight is 190 g/mol. The molecule has 0 bridgehead atoms. The molecule has 0 saturated heterocycles. The third kappa shape index (κ3) is 3.71. The van der Waals surface area contributed by atoms with E-state index < -0.39 is 5.51 Å². The first-order valence-corrected chi connectivity index (χ1v) is 4.31. The van der Waals surface area contributed by atoms with Crippen LogP contribution in [-0.2, 0) is 0 Å². The van der Waals surface area contributed by atoms with Crippen LogP contribution in [0, 0.1) is 0 Å². The van der Waals surface area contributed by atoms with E-state index in [0.29, 0.717) is 5.46 Å². The van der Waals surface area contributed by atoms with Gasteiger partial charge in [0.2, 0.25) is 6.56 Å². The highest BCUT2D eigenvalue weighted by molar-refractivity contribution is 8.24. The molecule has 1 rings (SSSR count). The predicted molar refractivity (Wildman–Crippen MR) is 46.9 cm³/mol. The maximum Gasteiger partial charge on any atom is 0.432 e. The van der Waals surface area contributed by atoms with Crippen molar-refractivity contribution in [3.63, 3.8) is 0 Å². The number of halogens is 3. The molecule has 0 unspecified atom stereocenters. The molecule has 0 nitrogen and oxygen atoms in total. The van der Waals surface area contributed by atoms with Crippen molar-refractivity contribution in [2.45, 2.75) is 5.51 Å². The molecular formula is C7H6BF3S. The van der Waals surface area contributed by atoms with E-state index in [-0.39, 0.29) is 18.2 Å². The van der Waals surface area contributed by atoms with Crippen LogP contribution in [0.2, 0.25) is 0 Å². The molecule has 5 heteroatoms. The molecule has 64 valence electrons. The summed E-state index contributed by atoms with van der Waals surface area (Å²) in [6.45, 7) is -0.00958. The quantitative estimate of drug-likeness (QED) is 0.642. The van der Waals surface area contributed by atoms with E-state index in [4.69, 9.17) is 0 Å². The number of benzene rings is 1. The third-order valence-corrected chi connectivity index (χ3v) is 2.05. The van der Waals surface area contributed by atoms with Crippen molar-refractivity contribution in [2.75, 3.05) is 0 Å². The van der Waals surface area contributed by atoms with E-state index in [1.807, 2.05) is 0 Å². The standard InChI is InChI=1S/C7H6BF3S/c9-7(10,11)12-8-6-4-2-1-3-5-6/h1-5,8H. The van der Waals surface area contributed by atoms with Gasteiger partial charge in [0.05, 0.1) is 0 Å². The Morgan fingerprint density at radius 2 is 1.67 bits per heavy atom. The minimum absolute atomic E-state index is 0.00958. The number of alkyl halides is 3. The summed E-state index contributed by atoms with van der Waals surface area (Å²) in [5.41, 5.74) is -3.43. The van der Waals surface area contributed by atoms with Gasteiger partial charge in [-0.05, 0) is 0 Å². The summed E-state index contributed by atoms with van der Waals surface area (Å²) in [5, 5.41) is 0. The molecule has 0 heterocycles. The van der Waals surface area contributed by atoms with Crippen molar-refractivity contribution in [3.8, 4) is 0 Å². The van der Waals surface area contributed by atoms with E-state index in [1.165, 1.54) is 0 Å². The Hall–Kier alpha value is -0.575. The maximum absolute atomic E-state index is 11.7. The summed E-state index contributed by atoms with van der Waals surface area (Å²) in [5.74, 6) is 0. The lowest BCUT2D eigenvalue weighted by Gasteiger charge is -2.03. The van der Waals surface area contributed by atoms with Crippen molar-refractivity contribution in [3.05, 3.63) is 30.3 Å². The molecule has 0 fully saturated rings. The zero-order chi connectivity index (χ0) is 9.03. The van der Waals surface area contributed by atoms with Crippen molar-refractivity contribution < 1.29 is 13.2 Å². The average Bonchev–Trinajstić information content (AvgIpc) is 2.02. The van der Waals surface area contributed by atoms with Crippen LogP contribution in [0.15, 0.2) is 30.3 Å². The molecule has 0 saturated carbocycles. The molecule has 0 N–H and O–H groups in total. The fourth-order valence-electron chi connectivity index (χ4n) is 0.739. The Bertz CT molecular complexity index is 234. The lowest BCUT2D eigenvalue weighted by Crippen LogP contribution is -2.15. The molecule has 0 aliphatic rings. The van der Waals surface area contributed by atoms with Crippen LogP contribution >= 0.6 is 11.6 Å². The minimum atomic E-state index is -4.13. The van der Waals surface area contributed by atoms with Gasteiger partial charge >= 0.3 is 5.51 Å². The van der Waals surface area contributed by atoms with Gasteiger partial charge in [-0.2, -0.15) is 13.2 Å². The smallest absolute Gasteiger partial charge is 0.161 e. The SMILES string of the molecule is FC(F)(F)SBc1ccccc1. The molecule has 0 radical (unpaired) electrons. The van der Waals surface area contributed by atoms with Crippen LogP contribution in [0.3, 0.4) is 0 Å². The second-order valence-electron chi connectivity index (χ2n) is 2.22. The normalized spacial score (nSPS) is 11.2. The largest absolute Gasteiger partial charge is 0.432 e. The zero-order valence-electron chi connectivity index (χ0n) is 6.14. The number of hydrogen-bond donors (Lipinski definition) is 0. The Balaban J connectivity index is 2.44. The van der Waals surface area contributed by atoms with Gasteiger partial charge in [0.15, 0.2) is 0 Å². The van der Waals surface area contributed by atoms with E-state index in [1.54, 1.807) is 30.3 Å². The molecule has 1 aromatic carbocycles. The second-order valence-corrected chi connectivity index (χ2v) is 3.26. The Morgan fingerprint density at radius 1 is 1.08 bits per heavy atom. The fraction of sp³-hybridized carbons (Fsp3) is 0.143. The second kappa shape index (κ2) is 3.89. The van der Waals surface area contributed by atoms with Gasteiger partial charge in [0, 0.05) is 0 Å². The van der Waals surface area contributed by atoms with Gasteiger partial charge in [-0.25, -0.2) is 0 Å². The van der Waals surface area contributed by atoms with Crippen LogP contribution < -0.4 is 5.46 Å². The first kappa shape index (κ1) is 9.51. The molecule has 12 heavy (non-hydrogen) atoms. The molecule has 0 spiro atoms. The van der Waals surface area contributed by atoms with Gasteiger partial charge < -0.3 is 0 Å². The highest BCUT2D eigenvalue weighted by Gasteiger charge is 2.27. The summed E-state index contributed by atoms with van der Waals surface area (Å²) in [4.78, 5) is 0. The fourth-order valence-corrected chi connectivity index (χ4v) is 1.26. The summed E-state index contributed by atoms with van der Waals surface area (Å²) < 4.78 is 35.1. The van der Waals surface area contributed by atoms with Crippen LogP contribution in [0.4, 0.5) is 13.2 Å². The molecule has 0 atom stereocenters. The van der Waals surface area contributed by atoms with Crippen molar-refractivity contribution in [1.82, 2.24) is 0 Å². The summed E-state index contributed by atoms with van der Waals surface area (Å²) in [6.07, 6.45) is 0. The van der Waals surface area contributed by atoms with Crippen LogP contribution in [0.1, 0.15) is 0 Å². The van der Waals surface area contributed by atoms with Crippen LogP contribution in [0.5, 0.6) is 0 Å². The van der Waals surface area contributed by atoms with Gasteiger partial charge in [-0.3, -0.25) is 0 Å². The van der Waals surface area contributed by atoms with Crippen LogP contribution in [0.25, 0.3) is 0 Å². The molecule has 0 aliphatic heterocycles. The molecule has 0 amide bonds. The first-order chi connectivity index (χ1) is 5.58. The Labute approximate surface area is 73.3 Å². The number of rotatable bonds is 2. The highest BCUT2D eigenvalue weighted by Crippen LogP contribution is 2.28. The van der Waals surface area contributed by atoms with Crippen molar-refractivity contribution >= 4 is 23.6 Å². The molecule has 0 aromatic heterocycles. The topological polar surface area (TPSA) is 0 Å². The lowest BCUT2D eigenvalue weighted by atomic mass is 9.95. The van der Waals surface area contributed by atoms with Crippen molar-refractivity contribution in [1.29, 1.82) is 0 Å². The van der Waals surface area contributed by atoms with Gasteiger partial charge in [-0.15, -0.1) is 11.6 Å². The van der Waals surface area contributed by atoms with E-state index in [9.17, 15) is 13.2 Å². The predicted octanol–water partition coefficient (Wildman–Crippen LogP) is 1.92. The zero-order valence-corrected chi connectivity index (χ0v) is 6.95. The summed E-state index contributed by atoms with van der Waals surface area (Å²) in [7, 11) is 0. The Morgan fingerprint density at radius 3 is 2.17 bits per heavy atom. The third-order valence-electron chi connectivity index (χ3n) is 1.25. The van der Waals surface area contributed by atoms with Crippen molar-refractivity contribution in [2.24, 2.45) is 0 Å². The van der Waals surface area contributed by atoms with E-state index in [2.05, 4.69) is 0 Å². The van der Waals surface area contributed by atoms with Crippen LogP contribution in [-0.4, -0.2) is 12.1 Å². The number of hydrogen-bond acceptors (Lipinski definition) is 1. The van der Waals surface area contributed by atoms with Gasteiger partial charge in [0.1, 0.15) is 0 Å². The maximum atomic E-state index is 11.7. The minimum Gasteiger partial charge on any atom is -0.161 e. The highest BCUT2D eigenvalue weighted by atomic mass is 32.2. The molecule has 0 aliphatic carbocycles. The lowest BCUT2D eigenvalue weighted by molar-refractivity contribution is -0.0313. The van der Waals surface area contributed by atoms with E-state index in [0.717, 1.165) is 0 Å². The Kier molecular flexibility index (Phi) is 3.09. The van der Waals surface area contributed by atoms with Gasteiger partial charge in [-0.1, -0.05) is 35.8 Å². The van der Waals surface area contributed by atoms with Gasteiger partial charge in [0.25, 0.3) is 0 Å². The summed E-state index contributed by atoms with van der Waals surface area (Å²) in [6, 6.07) is 8.60. The molecular weight excluding hydrogens is 184 g/mol. The first-order valence-electron chi connectivity index (χ1n) is 3.32. The summed E-state index contributed by atoms with van der Waals surface area (Å²) >= 11 is -0.0133. The monoisotopic (exact) mass is 190 g/mol.